The fraction of sp³-hybridized carbons (Fsp3) is 0.353. The molecule has 0 atom stereocenters. The lowest BCUT2D eigenvalue weighted by molar-refractivity contribution is 0.663. The summed E-state index contributed by atoms with van der Waals surface area (Å²) < 4.78 is 2.44. The predicted octanol–water partition coefficient (Wildman–Crippen LogP) is 4.61. The van der Waals surface area contributed by atoms with Gasteiger partial charge in [0.25, 0.3) is 0 Å². The standard InChI is InChI=1S/C17H20N2/c1-4-5-10-19-16-9-7-6-8-14(16)15-11-12(2)18-13(3)17(15)19/h6-9,11H,4-5,10H2,1-3H3. The number of para-hydroxylation sites is 1. The molecular formula is C17H20N2. The Balaban J connectivity index is 2.41. The minimum Gasteiger partial charge on any atom is -0.339 e. The van der Waals surface area contributed by atoms with Crippen LogP contribution in [0.5, 0.6) is 0 Å². The molecule has 0 fully saturated rings. The van der Waals surface area contributed by atoms with Crippen LogP contribution < -0.4 is 0 Å². The molecule has 0 radical (unpaired) electrons. The molecule has 19 heavy (non-hydrogen) atoms. The van der Waals surface area contributed by atoms with E-state index in [4.69, 9.17) is 0 Å². The van der Waals surface area contributed by atoms with Crippen LogP contribution in [0, 0.1) is 13.8 Å². The van der Waals surface area contributed by atoms with Crippen molar-refractivity contribution in [2.45, 2.75) is 40.2 Å². The number of pyridine rings is 1. The number of fused-ring (bicyclic) bond motifs is 3. The van der Waals surface area contributed by atoms with Gasteiger partial charge in [-0.2, -0.15) is 0 Å². The van der Waals surface area contributed by atoms with E-state index in [1.165, 1.54) is 34.6 Å². The first-order valence-electron chi connectivity index (χ1n) is 7.07. The van der Waals surface area contributed by atoms with Crippen molar-refractivity contribution >= 4 is 21.8 Å². The normalized spacial score (nSPS) is 11.5. The van der Waals surface area contributed by atoms with Crippen molar-refractivity contribution < 1.29 is 0 Å². The van der Waals surface area contributed by atoms with Gasteiger partial charge in [-0.05, 0) is 32.4 Å². The Morgan fingerprint density at radius 1 is 1.11 bits per heavy atom. The Kier molecular flexibility index (Phi) is 3.02. The molecule has 0 bridgehead atoms. The van der Waals surface area contributed by atoms with Crippen LogP contribution >= 0.6 is 0 Å². The van der Waals surface area contributed by atoms with Crippen molar-refractivity contribution in [3.63, 3.8) is 0 Å². The van der Waals surface area contributed by atoms with Gasteiger partial charge in [-0.1, -0.05) is 31.5 Å². The number of rotatable bonds is 3. The maximum atomic E-state index is 4.64. The van der Waals surface area contributed by atoms with Gasteiger partial charge in [0.2, 0.25) is 0 Å². The van der Waals surface area contributed by atoms with Crippen molar-refractivity contribution in [3.8, 4) is 0 Å². The summed E-state index contributed by atoms with van der Waals surface area (Å²) in [6.45, 7) is 7.51. The first-order valence-corrected chi connectivity index (χ1v) is 7.07. The van der Waals surface area contributed by atoms with E-state index in [-0.39, 0.29) is 0 Å². The van der Waals surface area contributed by atoms with Crippen molar-refractivity contribution in [2.24, 2.45) is 0 Å². The van der Waals surface area contributed by atoms with Gasteiger partial charge >= 0.3 is 0 Å². The summed E-state index contributed by atoms with van der Waals surface area (Å²) in [5.74, 6) is 0. The zero-order valence-corrected chi connectivity index (χ0v) is 11.9. The number of hydrogen-bond donors (Lipinski definition) is 0. The quantitative estimate of drug-likeness (QED) is 0.665. The van der Waals surface area contributed by atoms with E-state index in [0.29, 0.717) is 0 Å². The molecule has 0 N–H and O–H groups in total. The third-order valence-corrected chi connectivity index (χ3v) is 3.79. The molecule has 2 aromatic heterocycles. The number of aromatic nitrogens is 2. The summed E-state index contributed by atoms with van der Waals surface area (Å²) in [6, 6.07) is 10.9. The van der Waals surface area contributed by atoms with E-state index in [2.05, 4.69) is 60.7 Å². The molecule has 3 rings (SSSR count). The zero-order chi connectivity index (χ0) is 13.4. The minimum absolute atomic E-state index is 1.08. The lowest BCUT2D eigenvalue weighted by Crippen LogP contribution is -1.99. The largest absolute Gasteiger partial charge is 0.339 e. The average molecular weight is 252 g/mol. The highest BCUT2D eigenvalue weighted by molar-refractivity contribution is 6.08. The molecule has 3 aromatic rings. The number of benzene rings is 1. The summed E-state index contributed by atoms with van der Waals surface area (Å²) in [7, 11) is 0. The van der Waals surface area contributed by atoms with E-state index < -0.39 is 0 Å². The van der Waals surface area contributed by atoms with Gasteiger partial charge in [-0.15, -0.1) is 0 Å². The maximum absolute atomic E-state index is 4.64. The van der Waals surface area contributed by atoms with Crippen LogP contribution in [0.4, 0.5) is 0 Å². The second-order valence-electron chi connectivity index (χ2n) is 5.27. The van der Waals surface area contributed by atoms with E-state index in [1.807, 2.05) is 0 Å². The fourth-order valence-corrected chi connectivity index (χ4v) is 2.97. The average Bonchev–Trinajstić information content (AvgIpc) is 2.71. The fourth-order valence-electron chi connectivity index (χ4n) is 2.97. The highest BCUT2D eigenvalue weighted by Gasteiger charge is 2.12. The number of unbranched alkanes of at least 4 members (excludes halogenated alkanes) is 1. The zero-order valence-electron chi connectivity index (χ0n) is 11.9. The van der Waals surface area contributed by atoms with Gasteiger partial charge in [0, 0.05) is 28.5 Å². The Morgan fingerprint density at radius 2 is 1.89 bits per heavy atom. The lowest BCUT2D eigenvalue weighted by Gasteiger charge is -2.08. The Labute approximate surface area is 114 Å². The number of hydrogen-bond acceptors (Lipinski definition) is 1. The summed E-state index contributed by atoms with van der Waals surface area (Å²) in [5.41, 5.74) is 4.88. The number of aryl methyl sites for hydroxylation is 3. The lowest BCUT2D eigenvalue weighted by atomic mass is 10.1. The van der Waals surface area contributed by atoms with Crippen molar-refractivity contribution in [1.29, 1.82) is 0 Å². The molecule has 0 aliphatic heterocycles. The minimum atomic E-state index is 1.08. The molecule has 0 saturated carbocycles. The van der Waals surface area contributed by atoms with Gasteiger partial charge in [0.1, 0.15) is 0 Å². The van der Waals surface area contributed by atoms with E-state index in [1.54, 1.807) is 0 Å². The van der Waals surface area contributed by atoms with Crippen LogP contribution in [-0.2, 0) is 6.54 Å². The molecule has 0 spiro atoms. The Bertz CT molecular complexity index is 738. The third kappa shape index (κ3) is 1.92. The third-order valence-electron chi connectivity index (χ3n) is 3.79. The van der Waals surface area contributed by atoms with Crippen LogP contribution in [0.1, 0.15) is 31.2 Å². The summed E-state index contributed by atoms with van der Waals surface area (Å²) >= 11 is 0. The molecule has 2 nitrogen and oxygen atoms in total. The van der Waals surface area contributed by atoms with Crippen LogP contribution in [0.2, 0.25) is 0 Å². The van der Waals surface area contributed by atoms with Gasteiger partial charge in [-0.25, -0.2) is 0 Å². The molecule has 0 amide bonds. The predicted molar refractivity (Wildman–Crippen MR) is 81.6 cm³/mol. The topological polar surface area (TPSA) is 17.8 Å². The van der Waals surface area contributed by atoms with E-state index in [9.17, 15) is 0 Å². The van der Waals surface area contributed by atoms with Crippen LogP contribution in [0.25, 0.3) is 21.8 Å². The van der Waals surface area contributed by atoms with Gasteiger partial charge in [0.05, 0.1) is 11.2 Å². The summed E-state index contributed by atoms with van der Waals surface area (Å²) in [6.07, 6.45) is 2.42. The van der Waals surface area contributed by atoms with E-state index in [0.717, 1.165) is 17.9 Å². The molecule has 0 aliphatic rings. The van der Waals surface area contributed by atoms with Crippen LogP contribution in [-0.4, -0.2) is 9.55 Å². The van der Waals surface area contributed by atoms with Crippen LogP contribution in [0.3, 0.4) is 0 Å². The molecule has 98 valence electrons. The Morgan fingerprint density at radius 3 is 2.68 bits per heavy atom. The highest BCUT2D eigenvalue weighted by atomic mass is 15.0. The second-order valence-corrected chi connectivity index (χ2v) is 5.27. The molecule has 1 aromatic carbocycles. The SMILES string of the molecule is CCCCn1c2ccccc2c2cc(C)nc(C)c21. The molecule has 0 unspecified atom stereocenters. The molecule has 2 heteroatoms. The Hall–Kier alpha value is -1.83. The monoisotopic (exact) mass is 252 g/mol. The van der Waals surface area contributed by atoms with Gasteiger partial charge < -0.3 is 4.57 Å². The molecule has 0 saturated heterocycles. The van der Waals surface area contributed by atoms with Gasteiger partial charge in [0.15, 0.2) is 0 Å². The molecule has 0 aliphatic carbocycles. The first kappa shape index (κ1) is 12.2. The van der Waals surface area contributed by atoms with Crippen LogP contribution in [0.15, 0.2) is 30.3 Å². The van der Waals surface area contributed by atoms with Crippen molar-refractivity contribution in [1.82, 2.24) is 9.55 Å². The second kappa shape index (κ2) is 4.69. The summed E-state index contributed by atoms with van der Waals surface area (Å²) in [5, 5.41) is 2.69. The van der Waals surface area contributed by atoms with Crippen molar-refractivity contribution in [2.75, 3.05) is 0 Å². The highest BCUT2D eigenvalue weighted by Crippen LogP contribution is 2.31. The first-order chi connectivity index (χ1) is 9.22. The molecule has 2 heterocycles. The maximum Gasteiger partial charge on any atom is 0.0707 e. The number of nitrogens with zero attached hydrogens (tertiary/aromatic N) is 2. The van der Waals surface area contributed by atoms with Crippen molar-refractivity contribution in [3.05, 3.63) is 41.7 Å². The van der Waals surface area contributed by atoms with E-state index >= 15 is 0 Å². The van der Waals surface area contributed by atoms with Gasteiger partial charge in [-0.3, -0.25) is 4.98 Å². The smallest absolute Gasteiger partial charge is 0.0707 e. The summed E-state index contributed by atoms with van der Waals surface area (Å²) in [4.78, 5) is 4.64. The molecular weight excluding hydrogens is 232 g/mol.